The van der Waals surface area contributed by atoms with E-state index in [1.165, 1.54) is 0 Å². The van der Waals surface area contributed by atoms with Gasteiger partial charge < -0.3 is 10.2 Å². The number of allylic oxidation sites excluding steroid dienone is 1. The van der Waals surface area contributed by atoms with Gasteiger partial charge in [0.1, 0.15) is 12.3 Å². The number of Topliss-reactive ketones (excluding diaryl/α,β-unsaturated/α-hetero) is 1. The molecule has 0 amide bonds. The number of rotatable bonds is 2. The number of alkyl halides is 1. The predicted molar refractivity (Wildman–Crippen MR) is 98.6 cm³/mol. The third kappa shape index (κ3) is 2.10. The molecule has 150 valence electrons. The molecule has 0 aromatic carbocycles. The molecule has 3 saturated carbocycles. The molecule has 0 bridgehead atoms. The van der Waals surface area contributed by atoms with Crippen LogP contribution in [0.5, 0.6) is 0 Å². The minimum Gasteiger partial charge on any atom is -0.390 e. The van der Waals surface area contributed by atoms with Crippen molar-refractivity contribution in [2.24, 2.45) is 28.1 Å². The zero-order chi connectivity index (χ0) is 19.8. The average molecular weight is 378 g/mol. The van der Waals surface area contributed by atoms with Crippen LogP contribution in [-0.2, 0) is 9.59 Å². The van der Waals surface area contributed by atoms with Crippen LogP contribution in [0.3, 0.4) is 0 Å². The van der Waals surface area contributed by atoms with Crippen molar-refractivity contribution < 1.29 is 24.2 Å². The van der Waals surface area contributed by atoms with Gasteiger partial charge in [0, 0.05) is 23.2 Å². The van der Waals surface area contributed by atoms with Crippen LogP contribution in [0.1, 0.15) is 65.7 Å². The molecule has 2 N–H and O–H groups in total. The third-order valence-corrected chi connectivity index (χ3v) is 9.41. The summed E-state index contributed by atoms with van der Waals surface area (Å²) < 4.78 is 16.9. The maximum Gasteiger partial charge on any atom is 0.164 e. The Bertz CT molecular complexity index is 732. The molecule has 7 atom stereocenters. The summed E-state index contributed by atoms with van der Waals surface area (Å²) in [5, 5.41) is 20.7. The molecule has 7 unspecified atom stereocenters. The average Bonchev–Trinajstić information content (AvgIpc) is 2.88. The number of halogens is 1. The third-order valence-electron chi connectivity index (χ3n) is 9.41. The summed E-state index contributed by atoms with van der Waals surface area (Å²) in [6.45, 7) is 5.28. The first kappa shape index (κ1) is 19.3. The highest BCUT2D eigenvalue weighted by atomic mass is 19.1. The lowest BCUT2D eigenvalue weighted by atomic mass is 9.43. The van der Waals surface area contributed by atoms with E-state index in [1.54, 1.807) is 6.08 Å². The van der Waals surface area contributed by atoms with Gasteiger partial charge in [-0.1, -0.05) is 26.3 Å². The second kappa shape index (κ2) is 5.73. The number of carbonyl (C=O) groups is 2. The minimum atomic E-state index is -1.77. The molecule has 4 aliphatic rings. The molecule has 0 aromatic heterocycles. The van der Waals surface area contributed by atoms with Gasteiger partial charge in [0.05, 0.1) is 6.10 Å². The number of carbonyl (C=O) groups excluding carboxylic acids is 2. The first-order valence-corrected chi connectivity index (χ1v) is 10.3. The number of hydrogen-bond acceptors (Lipinski definition) is 4. The van der Waals surface area contributed by atoms with Crippen LogP contribution in [-0.4, -0.2) is 40.2 Å². The van der Waals surface area contributed by atoms with Gasteiger partial charge in [-0.25, -0.2) is 4.39 Å². The van der Waals surface area contributed by atoms with Gasteiger partial charge in [0.2, 0.25) is 0 Å². The highest BCUT2D eigenvalue weighted by molar-refractivity contribution is 5.91. The summed E-state index contributed by atoms with van der Waals surface area (Å²) in [5.74, 6) is -0.462. The van der Waals surface area contributed by atoms with Gasteiger partial charge in [-0.3, -0.25) is 9.59 Å². The lowest BCUT2D eigenvalue weighted by Gasteiger charge is -2.63. The molecule has 4 rings (SSSR count). The van der Waals surface area contributed by atoms with Gasteiger partial charge in [0.15, 0.2) is 11.6 Å². The van der Waals surface area contributed by atoms with Crippen molar-refractivity contribution >= 4 is 11.6 Å². The van der Waals surface area contributed by atoms with Crippen molar-refractivity contribution in [2.75, 3.05) is 6.61 Å². The summed E-state index contributed by atoms with van der Waals surface area (Å²) in [6, 6.07) is 0. The molecule has 0 spiro atoms. The Balaban J connectivity index is 1.80. The van der Waals surface area contributed by atoms with Crippen molar-refractivity contribution in [3.63, 3.8) is 0 Å². The van der Waals surface area contributed by atoms with Gasteiger partial charge in [-0.05, 0) is 55.9 Å². The first-order valence-electron chi connectivity index (χ1n) is 10.3. The van der Waals surface area contributed by atoms with Crippen LogP contribution in [0.4, 0.5) is 4.39 Å². The molecule has 0 aliphatic heterocycles. The van der Waals surface area contributed by atoms with Crippen LogP contribution >= 0.6 is 0 Å². The van der Waals surface area contributed by atoms with E-state index >= 15 is 4.39 Å². The summed E-state index contributed by atoms with van der Waals surface area (Å²) in [5.41, 5.74) is -2.98. The fourth-order valence-corrected chi connectivity index (χ4v) is 7.45. The lowest BCUT2D eigenvalue weighted by Crippen LogP contribution is -2.68. The Hall–Kier alpha value is -1.07. The Morgan fingerprint density at radius 1 is 1.19 bits per heavy atom. The molecule has 0 saturated heterocycles. The maximum atomic E-state index is 16.9. The number of hydrogen-bond donors (Lipinski definition) is 2. The summed E-state index contributed by atoms with van der Waals surface area (Å²) >= 11 is 0. The van der Waals surface area contributed by atoms with Crippen molar-refractivity contribution in [2.45, 2.75) is 77.5 Å². The van der Waals surface area contributed by atoms with Crippen LogP contribution in [0, 0.1) is 28.1 Å². The van der Waals surface area contributed by atoms with E-state index in [9.17, 15) is 19.8 Å². The van der Waals surface area contributed by atoms with E-state index in [1.807, 2.05) is 20.8 Å². The number of fused-ring (bicyclic) bond motifs is 5. The quantitative estimate of drug-likeness (QED) is 0.774. The van der Waals surface area contributed by atoms with E-state index < -0.39 is 34.6 Å². The second-order valence-electron chi connectivity index (χ2n) is 10.1. The predicted octanol–water partition coefficient (Wildman–Crippen LogP) is 3.15. The van der Waals surface area contributed by atoms with Gasteiger partial charge >= 0.3 is 0 Å². The highest BCUT2D eigenvalue weighted by Crippen LogP contribution is 2.72. The molecular weight excluding hydrogens is 347 g/mol. The molecule has 3 fully saturated rings. The summed E-state index contributed by atoms with van der Waals surface area (Å²) in [7, 11) is 0. The Labute approximate surface area is 160 Å². The van der Waals surface area contributed by atoms with Crippen LogP contribution in [0.15, 0.2) is 11.6 Å². The second-order valence-corrected chi connectivity index (χ2v) is 10.1. The van der Waals surface area contributed by atoms with Crippen molar-refractivity contribution in [1.82, 2.24) is 0 Å². The molecule has 0 radical (unpaired) electrons. The zero-order valence-electron chi connectivity index (χ0n) is 16.6. The molecule has 0 aromatic rings. The van der Waals surface area contributed by atoms with E-state index in [0.29, 0.717) is 32.1 Å². The van der Waals surface area contributed by atoms with Gasteiger partial charge in [0.25, 0.3) is 0 Å². The van der Waals surface area contributed by atoms with E-state index in [2.05, 4.69) is 0 Å². The fourth-order valence-electron chi connectivity index (χ4n) is 7.45. The number of aliphatic hydroxyl groups excluding tert-OH is 2. The largest absolute Gasteiger partial charge is 0.390 e. The van der Waals surface area contributed by atoms with Gasteiger partial charge in [-0.2, -0.15) is 0 Å². The minimum absolute atomic E-state index is 0.00223. The molecule has 0 heterocycles. The molecule has 27 heavy (non-hydrogen) atoms. The topological polar surface area (TPSA) is 74.6 Å². The normalized spacial score (nSPS) is 51.9. The fraction of sp³-hybridized carbons (Fsp3) is 0.818. The standard InChI is InChI=1S/C22H31FO4/c1-19-8-6-14(25)10-13(19)4-5-16-15-7-9-20(2,18(27)12-24)21(15,3)11-17(26)22(16,19)23/h10,15-17,24,26H,4-9,11-12H2,1-3H3. The van der Waals surface area contributed by atoms with Crippen LogP contribution < -0.4 is 0 Å². The maximum absolute atomic E-state index is 16.9. The zero-order valence-corrected chi connectivity index (χ0v) is 16.6. The lowest BCUT2D eigenvalue weighted by molar-refractivity contribution is -0.216. The molecule has 4 nitrogen and oxygen atoms in total. The van der Waals surface area contributed by atoms with E-state index in [0.717, 1.165) is 12.0 Å². The van der Waals surface area contributed by atoms with Crippen molar-refractivity contribution in [3.05, 3.63) is 11.6 Å². The smallest absolute Gasteiger partial charge is 0.164 e. The molecule has 4 aliphatic carbocycles. The van der Waals surface area contributed by atoms with Crippen molar-refractivity contribution in [1.29, 1.82) is 0 Å². The number of ketones is 2. The van der Waals surface area contributed by atoms with E-state index in [-0.39, 0.29) is 29.8 Å². The number of aliphatic hydroxyl groups is 2. The Morgan fingerprint density at radius 3 is 2.56 bits per heavy atom. The first-order chi connectivity index (χ1) is 12.5. The Kier molecular flexibility index (Phi) is 4.08. The van der Waals surface area contributed by atoms with Crippen molar-refractivity contribution in [3.8, 4) is 0 Å². The highest BCUT2D eigenvalue weighted by Gasteiger charge is 2.73. The van der Waals surface area contributed by atoms with E-state index in [4.69, 9.17) is 0 Å². The summed E-state index contributed by atoms with van der Waals surface area (Å²) in [4.78, 5) is 24.5. The monoisotopic (exact) mass is 378 g/mol. The SMILES string of the molecule is CC1(C(=O)CO)CCC2C3CCC4=CC(=O)CCC4(C)C3(F)C(O)CC21C. The molecule has 5 heteroatoms. The van der Waals surface area contributed by atoms with Gasteiger partial charge in [-0.15, -0.1) is 0 Å². The Morgan fingerprint density at radius 2 is 1.89 bits per heavy atom. The van der Waals surface area contributed by atoms with Crippen LogP contribution in [0.2, 0.25) is 0 Å². The van der Waals surface area contributed by atoms with Crippen LogP contribution in [0.25, 0.3) is 0 Å². The molecular formula is C22H31FO4. The summed E-state index contributed by atoms with van der Waals surface area (Å²) in [6.07, 6.45) is 4.11.